The van der Waals surface area contributed by atoms with Crippen LogP contribution in [0.5, 0.6) is 0 Å². The van der Waals surface area contributed by atoms with Crippen molar-refractivity contribution < 1.29 is 4.79 Å². The summed E-state index contributed by atoms with van der Waals surface area (Å²) in [7, 11) is 0. The molecule has 0 fully saturated rings. The first-order valence-corrected chi connectivity index (χ1v) is 4.49. The van der Waals surface area contributed by atoms with Crippen molar-refractivity contribution in [1.82, 2.24) is 4.98 Å². The van der Waals surface area contributed by atoms with Crippen LogP contribution in [0, 0.1) is 11.3 Å². The molecule has 15 heavy (non-hydrogen) atoms. The molecule has 0 aliphatic carbocycles. The molecule has 0 saturated heterocycles. The predicted octanol–water partition coefficient (Wildman–Crippen LogP) is 2.12. The van der Waals surface area contributed by atoms with Gasteiger partial charge in [-0.15, -0.1) is 0 Å². The van der Waals surface area contributed by atoms with Crippen molar-refractivity contribution in [1.29, 1.82) is 5.26 Å². The highest BCUT2D eigenvalue weighted by Gasteiger charge is 2.08. The second kappa shape index (κ2) is 3.81. The van der Waals surface area contributed by atoms with Crippen LogP contribution in [-0.2, 0) is 0 Å². The van der Waals surface area contributed by atoms with Crippen molar-refractivity contribution in [2.45, 2.75) is 0 Å². The molecule has 0 aliphatic rings. The molecular weight excluding hydrogens is 188 g/mol. The van der Waals surface area contributed by atoms with Gasteiger partial charge in [-0.25, -0.2) is 0 Å². The lowest BCUT2D eigenvalue weighted by Crippen LogP contribution is -1.99. The summed E-state index contributed by atoms with van der Waals surface area (Å²) in [5, 5.41) is 8.61. The lowest BCUT2D eigenvalue weighted by molar-refractivity contribution is 0.103. The van der Waals surface area contributed by atoms with E-state index in [4.69, 9.17) is 5.26 Å². The Balaban J connectivity index is 2.32. The Kier molecular flexibility index (Phi) is 2.34. The van der Waals surface area contributed by atoms with E-state index in [0.717, 1.165) is 0 Å². The molecular formula is C12H8N2O. The average Bonchev–Trinajstić information content (AvgIpc) is 2.82. The number of benzene rings is 1. The number of hydrogen-bond donors (Lipinski definition) is 1. The van der Waals surface area contributed by atoms with Crippen molar-refractivity contribution in [2.24, 2.45) is 0 Å². The summed E-state index contributed by atoms with van der Waals surface area (Å²) in [5.41, 5.74) is 1.77. The minimum absolute atomic E-state index is 0.0410. The van der Waals surface area contributed by atoms with Gasteiger partial charge in [0.2, 0.25) is 0 Å². The van der Waals surface area contributed by atoms with Crippen LogP contribution in [0.4, 0.5) is 0 Å². The van der Waals surface area contributed by atoms with Gasteiger partial charge in [-0.05, 0) is 30.3 Å². The number of ketones is 1. The second-order valence-electron chi connectivity index (χ2n) is 3.12. The number of aromatic nitrogens is 1. The first kappa shape index (κ1) is 9.22. The van der Waals surface area contributed by atoms with Crippen LogP contribution in [0.3, 0.4) is 0 Å². The van der Waals surface area contributed by atoms with Gasteiger partial charge in [0.1, 0.15) is 0 Å². The molecule has 72 valence electrons. The fourth-order valence-electron chi connectivity index (χ4n) is 1.33. The van der Waals surface area contributed by atoms with E-state index in [-0.39, 0.29) is 5.78 Å². The van der Waals surface area contributed by atoms with E-state index in [1.807, 2.05) is 6.07 Å². The monoisotopic (exact) mass is 196 g/mol. The van der Waals surface area contributed by atoms with Crippen LogP contribution < -0.4 is 0 Å². The molecule has 0 spiro atoms. The number of H-pyrrole nitrogens is 1. The Morgan fingerprint density at radius 2 is 1.87 bits per heavy atom. The Bertz CT molecular complexity index is 504. The zero-order chi connectivity index (χ0) is 10.7. The van der Waals surface area contributed by atoms with Gasteiger partial charge in [0.15, 0.2) is 5.78 Å². The summed E-state index contributed by atoms with van der Waals surface area (Å²) < 4.78 is 0. The number of carbonyl (C=O) groups excluding carboxylic acids is 1. The van der Waals surface area contributed by atoms with Gasteiger partial charge in [-0.1, -0.05) is 0 Å². The molecule has 0 unspecified atom stereocenters. The van der Waals surface area contributed by atoms with Crippen molar-refractivity contribution in [3.05, 3.63) is 59.4 Å². The third-order valence-corrected chi connectivity index (χ3v) is 2.14. The number of carbonyl (C=O) groups is 1. The van der Waals surface area contributed by atoms with Crippen molar-refractivity contribution in [3.8, 4) is 6.07 Å². The Labute approximate surface area is 87.0 Å². The Hall–Kier alpha value is -2.34. The molecule has 2 rings (SSSR count). The maximum atomic E-state index is 11.8. The summed E-state index contributed by atoms with van der Waals surface area (Å²) in [4.78, 5) is 14.6. The van der Waals surface area contributed by atoms with Crippen molar-refractivity contribution >= 4 is 5.78 Å². The summed E-state index contributed by atoms with van der Waals surface area (Å²) in [6, 6.07) is 10.3. The number of nitrogens with one attached hydrogen (secondary N) is 1. The minimum atomic E-state index is -0.0410. The van der Waals surface area contributed by atoms with Crippen LogP contribution in [-0.4, -0.2) is 10.8 Å². The van der Waals surface area contributed by atoms with E-state index in [9.17, 15) is 4.79 Å². The lowest BCUT2D eigenvalue weighted by atomic mass is 10.0. The van der Waals surface area contributed by atoms with E-state index < -0.39 is 0 Å². The molecule has 0 bridgehead atoms. The number of nitrogens with zero attached hydrogens (tertiary/aromatic N) is 1. The molecule has 1 N–H and O–H groups in total. The van der Waals surface area contributed by atoms with Crippen LogP contribution in [0.25, 0.3) is 0 Å². The van der Waals surface area contributed by atoms with Crippen LogP contribution in [0.2, 0.25) is 0 Å². The smallest absolute Gasteiger partial charge is 0.194 e. The van der Waals surface area contributed by atoms with Gasteiger partial charge in [0.05, 0.1) is 11.6 Å². The maximum Gasteiger partial charge on any atom is 0.194 e. The Morgan fingerprint density at radius 3 is 2.40 bits per heavy atom. The Morgan fingerprint density at radius 1 is 1.13 bits per heavy atom. The highest BCUT2D eigenvalue weighted by molar-refractivity contribution is 6.08. The summed E-state index contributed by atoms with van der Waals surface area (Å²) in [6.07, 6.45) is 3.36. The van der Waals surface area contributed by atoms with Gasteiger partial charge < -0.3 is 4.98 Å². The quantitative estimate of drug-likeness (QED) is 0.748. The van der Waals surface area contributed by atoms with Crippen LogP contribution >= 0.6 is 0 Å². The minimum Gasteiger partial charge on any atom is -0.367 e. The van der Waals surface area contributed by atoms with E-state index in [0.29, 0.717) is 16.7 Å². The number of hydrogen-bond acceptors (Lipinski definition) is 2. The zero-order valence-corrected chi connectivity index (χ0v) is 7.90. The normalized spacial score (nSPS) is 9.53. The van der Waals surface area contributed by atoms with Gasteiger partial charge in [-0.2, -0.15) is 5.26 Å². The van der Waals surface area contributed by atoms with Gasteiger partial charge >= 0.3 is 0 Å². The van der Waals surface area contributed by atoms with Gasteiger partial charge in [0.25, 0.3) is 0 Å². The fraction of sp³-hybridized carbons (Fsp3) is 0. The SMILES string of the molecule is N#Cc1ccc(C(=O)c2cc[nH]c2)cc1. The first-order chi connectivity index (χ1) is 7.31. The molecule has 1 aromatic carbocycles. The maximum absolute atomic E-state index is 11.8. The molecule has 0 atom stereocenters. The predicted molar refractivity (Wildman–Crippen MR) is 55.4 cm³/mol. The van der Waals surface area contributed by atoms with Crippen LogP contribution in [0.15, 0.2) is 42.7 Å². The van der Waals surface area contributed by atoms with Gasteiger partial charge in [-0.3, -0.25) is 4.79 Å². The molecule has 3 nitrogen and oxygen atoms in total. The molecule has 2 aromatic rings. The van der Waals surface area contributed by atoms with Crippen molar-refractivity contribution in [2.75, 3.05) is 0 Å². The fourth-order valence-corrected chi connectivity index (χ4v) is 1.33. The van der Waals surface area contributed by atoms with E-state index in [1.165, 1.54) is 0 Å². The summed E-state index contributed by atoms with van der Waals surface area (Å²) in [5.74, 6) is -0.0410. The standard InChI is InChI=1S/C12H8N2O/c13-7-9-1-3-10(4-2-9)12(15)11-5-6-14-8-11/h1-6,8,14H. The highest BCUT2D eigenvalue weighted by atomic mass is 16.1. The van der Waals surface area contributed by atoms with Gasteiger partial charge in [0, 0.05) is 23.5 Å². The highest BCUT2D eigenvalue weighted by Crippen LogP contribution is 2.09. The largest absolute Gasteiger partial charge is 0.367 e. The zero-order valence-electron chi connectivity index (χ0n) is 7.90. The van der Waals surface area contributed by atoms with Crippen molar-refractivity contribution in [3.63, 3.8) is 0 Å². The van der Waals surface area contributed by atoms with Crippen LogP contribution in [0.1, 0.15) is 21.5 Å². The molecule has 3 heteroatoms. The lowest BCUT2D eigenvalue weighted by Gasteiger charge is -1.97. The average molecular weight is 196 g/mol. The third kappa shape index (κ3) is 1.79. The third-order valence-electron chi connectivity index (χ3n) is 2.14. The molecule has 0 aliphatic heterocycles. The molecule has 0 saturated carbocycles. The summed E-state index contributed by atoms with van der Waals surface area (Å²) in [6.45, 7) is 0. The summed E-state index contributed by atoms with van der Waals surface area (Å²) >= 11 is 0. The molecule has 1 aromatic heterocycles. The number of rotatable bonds is 2. The second-order valence-corrected chi connectivity index (χ2v) is 3.12. The van der Waals surface area contributed by atoms with E-state index >= 15 is 0 Å². The number of nitriles is 1. The molecule has 1 heterocycles. The van der Waals surface area contributed by atoms with E-state index in [2.05, 4.69) is 4.98 Å². The molecule has 0 radical (unpaired) electrons. The number of aromatic amines is 1. The van der Waals surface area contributed by atoms with E-state index in [1.54, 1.807) is 42.7 Å². The first-order valence-electron chi connectivity index (χ1n) is 4.49. The molecule has 0 amide bonds. The topological polar surface area (TPSA) is 56.6 Å².